The van der Waals surface area contributed by atoms with Gasteiger partial charge in [0.2, 0.25) is 0 Å². The third-order valence-electron chi connectivity index (χ3n) is 5.94. The summed E-state index contributed by atoms with van der Waals surface area (Å²) in [6.07, 6.45) is 7.88. The van der Waals surface area contributed by atoms with Crippen molar-refractivity contribution in [1.82, 2.24) is 30.0 Å². The molecule has 0 amide bonds. The summed E-state index contributed by atoms with van der Waals surface area (Å²) in [5.74, 6) is 2.18. The van der Waals surface area contributed by atoms with Crippen LogP contribution in [0.2, 0.25) is 0 Å². The lowest BCUT2D eigenvalue weighted by molar-refractivity contribution is 0.576. The van der Waals surface area contributed by atoms with Crippen molar-refractivity contribution in [3.05, 3.63) is 60.7 Å². The van der Waals surface area contributed by atoms with Crippen molar-refractivity contribution in [3.8, 4) is 11.8 Å². The molecule has 6 rings (SSSR count). The minimum Gasteiger partial charge on any atom is -0.351 e. The maximum absolute atomic E-state index is 9.37. The fraction of sp³-hybridized carbons (Fsp3) is 0.227. The van der Waals surface area contributed by atoms with Crippen molar-refractivity contribution in [2.24, 2.45) is 0 Å². The van der Waals surface area contributed by atoms with Crippen LogP contribution in [0.25, 0.3) is 16.6 Å². The van der Waals surface area contributed by atoms with E-state index in [2.05, 4.69) is 42.6 Å². The number of fused-ring (bicyclic) bond motifs is 3. The summed E-state index contributed by atoms with van der Waals surface area (Å²) in [6.45, 7) is 1.98. The van der Waals surface area contributed by atoms with E-state index in [1.54, 1.807) is 24.7 Å². The topological polar surface area (TPSA) is 108 Å². The molecule has 2 saturated heterocycles. The highest BCUT2D eigenvalue weighted by atomic mass is 15.3. The zero-order valence-electron chi connectivity index (χ0n) is 16.6. The van der Waals surface area contributed by atoms with E-state index in [1.165, 1.54) is 6.42 Å². The Morgan fingerprint density at radius 2 is 2.10 bits per heavy atom. The molecule has 0 saturated carbocycles. The van der Waals surface area contributed by atoms with Crippen molar-refractivity contribution in [2.45, 2.75) is 18.5 Å². The molecule has 31 heavy (non-hydrogen) atoms. The van der Waals surface area contributed by atoms with Gasteiger partial charge in [0.05, 0.1) is 29.0 Å². The highest BCUT2D eigenvalue weighted by Crippen LogP contribution is 2.32. The maximum atomic E-state index is 9.37. The first-order chi connectivity index (χ1) is 15.3. The summed E-state index contributed by atoms with van der Waals surface area (Å²) in [7, 11) is 0. The molecule has 9 nitrogen and oxygen atoms in total. The van der Waals surface area contributed by atoms with Gasteiger partial charge in [0.25, 0.3) is 0 Å². The Morgan fingerprint density at radius 1 is 1.13 bits per heavy atom. The first kappa shape index (κ1) is 17.8. The van der Waals surface area contributed by atoms with Crippen molar-refractivity contribution in [2.75, 3.05) is 23.3 Å². The number of aromatic nitrogens is 5. The number of hydrogen-bond donors (Lipinski definition) is 2. The number of piperazine rings is 1. The quantitative estimate of drug-likeness (QED) is 0.529. The summed E-state index contributed by atoms with van der Waals surface area (Å²) in [5, 5.41) is 21.8. The molecule has 152 valence electrons. The van der Waals surface area contributed by atoms with Crippen LogP contribution in [-0.2, 0) is 0 Å². The largest absolute Gasteiger partial charge is 0.351 e. The van der Waals surface area contributed by atoms with Gasteiger partial charge < -0.3 is 15.5 Å². The molecule has 2 atom stereocenters. The predicted molar refractivity (Wildman–Crippen MR) is 116 cm³/mol. The number of hydrogen-bond acceptors (Lipinski definition) is 8. The van der Waals surface area contributed by atoms with Crippen molar-refractivity contribution in [3.63, 3.8) is 0 Å². The molecule has 4 aromatic rings. The SMILES string of the molecule is N#Cc1ccc2c(c1)c(Nc1cnccn1)nn2-c1ccnc(N2C[C@@H]3C[C@H]2CN3)c1. The smallest absolute Gasteiger partial charge is 0.162 e. The van der Waals surface area contributed by atoms with Crippen LogP contribution >= 0.6 is 0 Å². The molecule has 2 aliphatic heterocycles. The van der Waals surface area contributed by atoms with Gasteiger partial charge in [0.15, 0.2) is 5.82 Å². The molecular weight excluding hydrogens is 390 g/mol. The Labute approximate surface area is 178 Å². The molecule has 0 unspecified atom stereocenters. The minimum atomic E-state index is 0.495. The van der Waals surface area contributed by atoms with Gasteiger partial charge in [0, 0.05) is 55.2 Å². The molecule has 3 aromatic heterocycles. The van der Waals surface area contributed by atoms with E-state index in [0.29, 0.717) is 29.3 Å². The molecular formula is C22H19N9. The molecule has 2 bridgehead atoms. The Kier molecular flexibility index (Phi) is 4.04. The molecule has 2 aliphatic rings. The van der Waals surface area contributed by atoms with Crippen molar-refractivity contribution in [1.29, 1.82) is 5.26 Å². The zero-order chi connectivity index (χ0) is 20.8. The minimum absolute atomic E-state index is 0.495. The molecule has 1 aromatic carbocycles. The van der Waals surface area contributed by atoms with E-state index < -0.39 is 0 Å². The zero-order valence-corrected chi connectivity index (χ0v) is 16.6. The summed E-state index contributed by atoms with van der Waals surface area (Å²) in [4.78, 5) is 15.4. The van der Waals surface area contributed by atoms with E-state index in [-0.39, 0.29) is 0 Å². The van der Waals surface area contributed by atoms with Crippen molar-refractivity contribution >= 4 is 28.4 Å². The first-order valence-corrected chi connectivity index (χ1v) is 10.2. The lowest BCUT2D eigenvalue weighted by atomic mass is 10.1. The summed E-state index contributed by atoms with van der Waals surface area (Å²) >= 11 is 0. The third kappa shape index (κ3) is 3.05. The predicted octanol–water partition coefficient (Wildman–Crippen LogP) is 2.38. The number of anilines is 3. The van der Waals surface area contributed by atoms with Crippen LogP contribution < -0.4 is 15.5 Å². The van der Waals surface area contributed by atoms with Gasteiger partial charge in [-0.25, -0.2) is 14.6 Å². The fourth-order valence-electron chi connectivity index (χ4n) is 4.50. The van der Waals surface area contributed by atoms with Crippen LogP contribution in [0.5, 0.6) is 0 Å². The summed E-state index contributed by atoms with van der Waals surface area (Å²) < 4.78 is 1.88. The van der Waals surface area contributed by atoms with Crippen LogP contribution in [0.3, 0.4) is 0 Å². The number of nitriles is 1. The second-order valence-electron chi connectivity index (χ2n) is 7.84. The number of nitrogens with zero attached hydrogens (tertiary/aromatic N) is 7. The number of rotatable bonds is 4. The van der Waals surface area contributed by atoms with Gasteiger partial charge in [-0.3, -0.25) is 4.98 Å². The highest BCUT2D eigenvalue weighted by Gasteiger charge is 2.38. The Bertz CT molecular complexity index is 1310. The second-order valence-corrected chi connectivity index (χ2v) is 7.84. The molecule has 9 heteroatoms. The normalized spacial score (nSPS) is 19.6. The second kappa shape index (κ2) is 7.04. The Balaban J connectivity index is 1.44. The molecule has 0 aliphatic carbocycles. The van der Waals surface area contributed by atoms with Crippen molar-refractivity contribution < 1.29 is 0 Å². The van der Waals surface area contributed by atoms with Gasteiger partial charge in [-0.2, -0.15) is 5.26 Å². The van der Waals surface area contributed by atoms with Gasteiger partial charge in [-0.1, -0.05) is 0 Å². The van der Waals surface area contributed by atoms with Gasteiger partial charge in [-0.05, 0) is 30.7 Å². The molecule has 5 heterocycles. The van der Waals surface area contributed by atoms with Crippen LogP contribution in [-0.4, -0.2) is 49.9 Å². The van der Waals surface area contributed by atoms with Crippen LogP contribution in [0.15, 0.2) is 55.1 Å². The summed E-state index contributed by atoms with van der Waals surface area (Å²) in [5.41, 5.74) is 2.39. The lowest BCUT2D eigenvalue weighted by Crippen LogP contribution is -2.44. The van der Waals surface area contributed by atoms with Gasteiger partial charge >= 0.3 is 0 Å². The highest BCUT2D eigenvalue weighted by molar-refractivity contribution is 5.93. The standard InChI is InChI=1S/C22H19N9/c23-10-14-1-2-19-18(7-14)22(28-20-12-24-5-6-25-20)29-31(19)16-3-4-26-21(9-16)30-13-15-8-17(30)11-27-15/h1-7,9,12,15,17,27H,8,11,13H2,(H,25,28,29)/t15-,17-/m0/s1. The van der Waals surface area contributed by atoms with Crippen LogP contribution in [0.1, 0.15) is 12.0 Å². The van der Waals surface area contributed by atoms with E-state index in [1.807, 2.05) is 29.1 Å². The van der Waals surface area contributed by atoms with E-state index in [0.717, 1.165) is 35.5 Å². The van der Waals surface area contributed by atoms with Gasteiger partial charge in [0.1, 0.15) is 11.6 Å². The molecule has 2 fully saturated rings. The fourth-order valence-corrected chi connectivity index (χ4v) is 4.50. The average Bonchev–Trinajstić information content (AvgIpc) is 3.54. The number of pyridine rings is 1. The summed E-state index contributed by atoms with van der Waals surface area (Å²) in [6, 6.07) is 12.8. The van der Waals surface area contributed by atoms with Gasteiger partial charge in [-0.15, -0.1) is 5.10 Å². The number of nitrogens with one attached hydrogen (secondary N) is 2. The first-order valence-electron chi connectivity index (χ1n) is 10.2. The lowest BCUT2D eigenvalue weighted by Gasteiger charge is -2.28. The van der Waals surface area contributed by atoms with Crippen LogP contribution in [0, 0.1) is 11.3 Å². The monoisotopic (exact) mass is 409 g/mol. The van der Waals surface area contributed by atoms with Crippen LogP contribution in [0.4, 0.5) is 17.5 Å². The van der Waals surface area contributed by atoms with E-state index in [9.17, 15) is 5.26 Å². The third-order valence-corrected chi connectivity index (χ3v) is 5.94. The number of benzene rings is 1. The van der Waals surface area contributed by atoms with E-state index in [4.69, 9.17) is 5.10 Å². The molecule has 0 radical (unpaired) electrons. The molecule has 0 spiro atoms. The average molecular weight is 409 g/mol. The Hall–Kier alpha value is -4.03. The van der Waals surface area contributed by atoms with E-state index >= 15 is 0 Å². The Morgan fingerprint density at radius 3 is 2.87 bits per heavy atom. The maximum Gasteiger partial charge on any atom is 0.162 e. The molecule has 2 N–H and O–H groups in total.